The lowest BCUT2D eigenvalue weighted by molar-refractivity contribution is 0.595. The Balaban J connectivity index is 3.21. The summed E-state index contributed by atoms with van der Waals surface area (Å²) in [6, 6.07) is 6.72. The largest absolute Gasteiger partial charge is 0.249 e. The first-order chi connectivity index (χ1) is 5.56. The van der Waals surface area contributed by atoms with Crippen molar-refractivity contribution >= 4 is 55.5 Å². The van der Waals surface area contributed by atoms with Crippen molar-refractivity contribution in [3.8, 4) is 0 Å². The molecule has 1 aromatic rings. The molecule has 0 aliphatic heterocycles. The van der Waals surface area contributed by atoms with Gasteiger partial charge in [-0.3, -0.25) is 0 Å². The van der Waals surface area contributed by atoms with E-state index in [4.69, 9.17) is 0 Å². The van der Waals surface area contributed by atoms with E-state index in [1.165, 1.54) is 0 Å². The summed E-state index contributed by atoms with van der Waals surface area (Å²) in [5.74, 6) is 0. The summed E-state index contributed by atoms with van der Waals surface area (Å²) >= 11 is 3.67. The van der Waals surface area contributed by atoms with Crippen LogP contribution in [0.2, 0.25) is 0 Å². The van der Waals surface area contributed by atoms with E-state index in [1.807, 2.05) is 6.07 Å². The zero-order valence-corrected chi connectivity index (χ0v) is 10.9. The Morgan fingerprint density at radius 1 is 1.33 bits per heavy atom. The summed E-state index contributed by atoms with van der Waals surface area (Å²) in [5.41, 5.74) is 0. The third kappa shape index (κ3) is 2.54. The van der Waals surface area contributed by atoms with Gasteiger partial charge in [-0.1, -0.05) is 6.07 Å². The van der Waals surface area contributed by atoms with Crippen LogP contribution < -0.4 is 2.94 Å². The lowest BCUT2D eigenvalue weighted by Gasteiger charge is -2.00. The molecular formula is C6H5I2NO2S. The summed E-state index contributed by atoms with van der Waals surface area (Å²) < 4.78 is 25.6. The maximum atomic E-state index is 11.2. The number of hydrogen-bond acceptors (Lipinski definition) is 2. The number of hydrogen-bond donors (Lipinski definition) is 1. The van der Waals surface area contributed by atoms with Crippen molar-refractivity contribution < 1.29 is 8.42 Å². The molecule has 0 radical (unpaired) electrons. The maximum Gasteiger partial charge on any atom is 0.249 e. The van der Waals surface area contributed by atoms with Crippen molar-refractivity contribution in [1.29, 1.82) is 0 Å². The number of halogens is 2. The molecule has 0 unspecified atom stereocenters. The zero-order chi connectivity index (χ0) is 9.19. The Morgan fingerprint density at radius 2 is 2.00 bits per heavy atom. The maximum absolute atomic E-state index is 11.2. The Morgan fingerprint density at radius 3 is 2.50 bits per heavy atom. The van der Waals surface area contributed by atoms with Crippen molar-refractivity contribution in [3.05, 3.63) is 27.8 Å². The minimum Gasteiger partial charge on any atom is -0.206 e. The fraction of sp³-hybridized carbons (Fsp3) is 0. The SMILES string of the molecule is O=S(=O)(NI)c1cccc(I)c1. The molecular weight excluding hydrogens is 404 g/mol. The molecule has 3 nitrogen and oxygen atoms in total. The van der Waals surface area contributed by atoms with E-state index in [0.29, 0.717) is 4.90 Å². The topological polar surface area (TPSA) is 46.2 Å². The van der Waals surface area contributed by atoms with E-state index in [-0.39, 0.29) is 0 Å². The highest BCUT2D eigenvalue weighted by Gasteiger charge is 2.10. The predicted octanol–water partition coefficient (Wildman–Crippen LogP) is 1.92. The lowest BCUT2D eigenvalue weighted by Crippen LogP contribution is -2.12. The normalized spacial score (nSPS) is 11.5. The number of nitrogens with one attached hydrogen (secondary N) is 1. The van der Waals surface area contributed by atoms with Crippen molar-refractivity contribution in [1.82, 2.24) is 2.94 Å². The molecule has 1 N–H and O–H groups in total. The van der Waals surface area contributed by atoms with E-state index >= 15 is 0 Å². The summed E-state index contributed by atoms with van der Waals surface area (Å²) in [7, 11) is -3.29. The molecule has 1 aromatic carbocycles. The first kappa shape index (κ1) is 10.7. The molecule has 0 spiro atoms. The molecule has 6 heteroatoms. The van der Waals surface area contributed by atoms with E-state index < -0.39 is 10.0 Å². The van der Waals surface area contributed by atoms with Crippen molar-refractivity contribution in [3.63, 3.8) is 0 Å². The Bertz CT molecular complexity index is 377. The van der Waals surface area contributed by atoms with Gasteiger partial charge in [-0.05, 0) is 40.8 Å². The van der Waals surface area contributed by atoms with Gasteiger partial charge in [0.2, 0.25) is 10.0 Å². The average molecular weight is 409 g/mol. The van der Waals surface area contributed by atoms with Crippen LogP contribution in [0, 0.1) is 3.57 Å². The minimum absolute atomic E-state index is 0.295. The highest BCUT2D eigenvalue weighted by molar-refractivity contribution is 14.1. The van der Waals surface area contributed by atoms with Crippen LogP contribution in [0.1, 0.15) is 0 Å². The number of rotatable bonds is 2. The third-order valence-electron chi connectivity index (χ3n) is 1.21. The minimum atomic E-state index is -3.29. The highest BCUT2D eigenvalue weighted by Crippen LogP contribution is 2.13. The molecule has 0 saturated carbocycles. The zero-order valence-electron chi connectivity index (χ0n) is 5.79. The summed E-state index contributed by atoms with van der Waals surface area (Å²) in [6.07, 6.45) is 0. The van der Waals surface area contributed by atoms with Crippen LogP contribution >= 0.6 is 45.5 Å². The van der Waals surface area contributed by atoms with Crippen LogP contribution in [-0.4, -0.2) is 8.42 Å². The first-order valence-electron chi connectivity index (χ1n) is 2.94. The second kappa shape index (κ2) is 4.20. The number of sulfonamides is 1. The van der Waals surface area contributed by atoms with Crippen LogP contribution in [0.4, 0.5) is 0 Å². The Hall–Kier alpha value is 0.590. The first-order valence-corrected chi connectivity index (χ1v) is 6.58. The molecule has 0 atom stereocenters. The van der Waals surface area contributed by atoms with Crippen LogP contribution in [-0.2, 0) is 10.0 Å². The van der Waals surface area contributed by atoms with Gasteiger partial charge in [0.25, 0.3) is 0 Å². The Labute approximate surface area is 98.6 Å². The van der Waals surface area contributed by atoms with Gasteiger partial charge in [0, 0.05) is 26.4 Å². The van der Waals surface area contributed by atoms with E-state index in [1.54, 1.807) is 41.1 Å². The lowest BCUT2D eigenvalue weighted by atomic mass is 10.4. The Kier molecular flexibility index (Phi) is 3.74. The molecule has 0 heterocycles. The van der Waals surface area contributed by atoms with E-state index in [2.05, 4.69) is 25.5 Å². The fourth-order valence-corrected chi connectivity index (χ4v) is 2.82. The van der Waals surface area contributed by atoms with Gasteiger partial charge >= 0.3 is 0 Å². The molecule has 0 saturated heterocycles. The summed E-state index contributed by atoms with van der Waals surface area (Å²) in [4.78, 5) is 0.295. The van der Waals surface area contributed by atoms with Crippen molar-refractivity contribution in [2.45, 2.75) is 4.90 Å². The van der Waals surface area contributed by atoms with Crippen LogP contribution in [0.3, 0.4) is 0 Å². The van der Waals surface area contributed by atoms with Gasteiger partial charge in [-0.15, -0.1) is 0 Å². The third-order valence-corrected chi connectivity index (χ3v) is 4.70. The second-order valence-corrected chi connectivity index (χ2v) is 6.24. The van der Waals surface area contributed by atoms with Crippen molar-refractivity contribution in [2.75, 3.05) is 0 Å². The summed E-state index contributed by atoms with van der Waals surface area (Å²) in [6.45, 7) is 0. The smallest absolute Gasteiger partial charge is 0.206 e. The van der Waals surface area contributed by atoms with Crippen LogP contribution in [0.25, 0.3) is 0 Å². The van der Waals surface area contributed by atoms with E-state index in [9.17, 15) is 8.42 Å². The second-order valence-electron chi connectivity index (χ2n) is 2.04. The van der Waals surface area contributed by atoms with E-state index in [0.717, 1.165) is 3.57 Å². The highest BCUT2D eigenvalue weighted by atomic mass is 127. The quantitative estimate of drug-likeness (QED) is 0.600. The van der Waals surface area contributed by atoms with Gasteiger partial charge < -0.3 is 0 Å². The molecule has 0 aliphatic rings. The van der Waals surface area contributed by atoms with Gasteiger partial charge in [0.1, 0.15) is 0 Å². The molecule has 66 valence electrons. The molecule has 0 aromatic heterocycles. The molecule has 0 bridgehead atoms. The van der Waals surface area contributed by atoms with Gasteiger partial charge in [-0.2, -0.15) is 2.94 Å². The van der Waals surface area contributed by atoms with Crippen LogP contribution in [0.5, 0.6) is 0 Å². The molecule has 1 rings (SSSR count). The summed E-state index contributed by atoms with van der Waals surface area (Å²) in [5, 5.41) is 0. The molecule has 0 fully saturated rings. The average Bonchev–Trinajstić information content (AvgIpc) is 2.05. The predicted molar refractivity (Wildman–Crippen MR) is 63.5 cm³/mol. The number of benzene rings is 1. The van der Waals surface area contributed by atoms with Crippen molar-refractivity contribution in [2.24, 2.45) is 0 Å². The van der Waals surface area contributed by atoms with Gasteiger partial charge in [0.15, 0.2) is 0 Å². The van der Waals surface area contributed by atoms with Gasteiger partial charge in [0.05, 0.1) is 4.90 Å². The molecule has 0 aliphatic carbocycles. The fourth-order valence-electron chi connectivity index (χ4n) is 0.679. The monoisotopic (exact) mass is 409 g/mol. The van der Waals surface area contributed by atoms with Crippen LogP contribution in [0.15, 0.2) is 29.2 Å². The standard InChI is InChI=1S/C6H5I2NO2S/c7-5-2-1-3-6(4-5)12(10,11)9-8/h1-4,9H. The molecule has 0 amide bonds. The van der Waals surface area contributed by atoms with Gasteiger partial charge in [-0.25, -0.2) is 8.42 Å². The molecule has 12 heavy (non-hydrogen) atoms.